The van der Waals surface area contributed by atoms with Gasteiger partial charge >= 0.3 is 0 Å². The Labute approximate surface area is 258 Å². The Morgan fingerprint density at radius 2 is 1.02 bits per heavy atom. The fraction of sp³-hybridized carbons (Fsp3) is 0.200. The summed E-state index contributed by atoms with van der Waals surface area (Å²) in [5.74, 6) is 1.42. The molecule has 0 unspecified atom stereocenters. The third kappa shape index (κ3) is 6.60. The van der Waals surface area contributed by atoms with Crippen molar-refractivity contribution in [3.8, 4) is 0 Å². The third-order valence-corrected chi connectivity index (χ3v) is 9.41. The normalized spacial score (nSPS) is 11.4. The van der Waals surface area contributed by atoms with Crippen molar-refractivity contribution in [2.75, 3.05) is 0 Å². The lowest BCUT2D eigenvalue weighted by atomic mass is 10.2. The molecule has 0 saturated heterocycles. The molecule has 0 amide bonds. The maximum Gasteiger partial charge on any atom is 0.262 e. The molecule has 0 aliphatic heterocycles. The summed E-state index contributed by atoms with van der Waals surface area (Å²) < 4.78 is 3.53. The summed E-state index contributed by atoms with van der Waals surface area (Å²) in [4.78, 5) is 37.1. The average molecular weight is 605 g/mol. The molecular formula is C35H32N4O2S2. The van der Waals surface area contributed by atoms with Crippen LogP contribution < -0.4 is 11.1 Å². The third-order valence-electron chi connectivity index (χ3n) is 7.32. The number of thioether (sulfide) groups is 2. The maximum absolute atomic E-state index is 13.7. The van der Waals surface area contributed by atoms with E-state index in [1.165, 1.54) is 22.3 Å². The lowest BCUT2D eigenvalue weighted by molar-refractivity contribution is 0.489. The molecule has 0 radical (unpaired) electrons. The quantitative estimate of drug-likeness (QED) is 0.120. The highest BCUT2D eigenvalue weighted by Gasteiger charge is 2.15. The van der Waals surface area contributed by atoms with Crippen molar-refractivity contribution >= 4 is 45.3 Å². The first-order chi connectivity index (χ1) is 21.0. The lowest BCUT2D eigenvalue weighted by Crippen LogP contribution is -2.27. The van der Waals surface area contributed by atoms with Crippen LogP contribution in [0.15, 0.2) is 117 Å². The number of aryl methyl sites for hydroxylation is 2. The van der Waals surface area contributed by atoms with Gasteiger partial charge in [-0.15, -0.1) is 0 Å². The van der Waals surface area contributed by atoms with Crippen molar-refractivity contribution < 1.29 is 0 Å². The van der Waals surface area contributed by atoms with Gasteiger partial charge in [0.15, 0.2) is 10.3 Å². The largest absolute Gasteiger partial charge is 0.287 e. The fourth-order valence-electron chi connectivity index (χ4n) is 5.20. The van der Waals surface area contributed by atoms with Gasteiger partial charge in [-0.1, -0.05) is 107 Å². The Bertz CT molecular complexity index is 1900. The van der Waals surface area contributed by atoms with Crippen molar-refractivity contribution in [1.82, 2.24) is 19.1 Å². The SMILES string of the molecule is Cc1cccc(CSc2nc3ccccc3c(=O)n2CCCn2c(SCc3cccc(C)c3)nc3ccccc3c2=O)c1. The summed E-state index contributed by atoms with van der Waals surface area (Å²) >= 11 is 3.13. The van der Waals surface area contributed by atoms with Crippen LogP contribution in [-0.2, 0) is 24.6 Å². The van der Waals surface area contributed by atoms with Crippen LogP contribution in [0.25, 0.3) is 21.8 Å². The van der Waals surface area contributed by atoms with Crippen LogP contribution in [0.2, 0.25) is 0 Å². The Morgan fingerprint density at radius 1 is 0.581 bits per heavy atom. The van der Waals surface area contributed by atoms with E-state index in [-0.39, 0.29) is 11.1 Å². The van der Waals surface area contributed by atoms with Gasteiger partial charge in [0.25, 0.3) is 11.1 Å². The molecule has 0 bridgehead atoms. The molecule has 6 nitrogen and oxygen atoms in total. The van der Waals surface area contributed by atoms with Crippen LogP contribution in [0.1, 0.15) is 28.7 Å². The molecule has 43 heavy (non-hydrogen) atoms. The molecule has 6 rings (SSSR count). The second-order valence-corrected chi connectivity index (χ2v) is 12.5. The van der Waals surface area contributed by atoms with Crippen LogP contribution in [0.4, 0.5) is 0 Å². The van der Waals surface area contributed by atoms with Crippen LogP contribution in [0.5, 0.6) is 0 Å². The van der Waals surface area contributed by atoms with Crippen molar-refractivity contribution in [1.29, 1.82) is 0 Å². The van der Waals surface area contributed by atoms with Gasteiger partial charge in [0.05, 0.1) is 21.8 Å². The van der Waals surface area contributed by atoms with Gasteiger partial charge in [-0.3, -0.25) is 18.7 Å². The van der Waals surface area contributed by atoms with E-state index in [4.69, 9.17) is 9.97 Å². The zero-order valence-electron chi connectivity index (χ0n) is 24.2. The molecule has 0 aliphatic rings. The molecule has 4 aromatic carbocycles. The van der Waals surface area contributed by atoms with E-state index in [0.29, 0.717) is 63.1 Å². The van der Waals surface area contributed by atoms with Gasteiger partial charge in [0.2, 0.25) is 0 Å². The second-order valence-electron chi connectivity index (χ2n) is 10.6. The number of benzene rings is 4. The Hall–Kier alpha value is -4.14. The minimum absolute atomic E-state index is 0.0598. The predicted octanol–water partition coefficient (Wildman–Crippen LogP) is 7.40. The van der Waals surface area contributed by atoms with Gasteiger partial charge in [-0.05, 0) is 55.7 Å². The Balaban J connectivity index is 1.29. The zero-order valence-corrected chi connectivity index (χ0v) is 25.8. The molecule has 6 aromatic rings. The number of aromatic nitrogens is 4. The zero-order chi connectivity index (χ0) is 29.8. The number of para-hydroxylation sites is 2. The van der Waals surface area contributed by atoms with E-state index in [2.05, 4.69) is 62.4 Å². The number of hydrogen-bond acceptors (Lipinski definition) is 6. The highest BCUT2D eigenvalue weighted by Crippen LogP contribution is 2.25. The molecule has 2 aromatic heterocycles. The average Bonchev–Trinajstić information content (AvgIpc) is 3.01. The molecular weight excluding hydrogens is 573 g/mol. The van der Waals surface area contributed by atoms with E-state index in [1.807, 2.05) is 48.5 Å². The number of rotatable bonds is 10. The molecule has 2 heterocycles. The Kier molecular flexibility index (Phi) is 8.77. The summed E-state index contributed by atoms with van der Waals surface area (Å²) in [6.07, 6.45) is 0.579. The second kappa shape index (κ2) is 13.0. The van der Waals surface area contributed by atoms with E-state index >= 15 is 0 Å². The smallest absolute Gasteiger partial charge is 0.262 e. The molecule has 216 valence electrons. The summed E-state index contributed by atoms with van der Waals surface area (Å²) in [5, 5.41) is 2.56. The number of fused-ring (bicyclic) bond motifs is 2. The first-order valence-electron chi connectivity index (χ1n) is 14.3. The van der Waals surface area contributed by atoms with Gasteiger partial charge in [-0.2, -0.15) is 0 Å². The summed E-state index contributed by atoms with van der Waals surface area (Å²) in [7, 11) is 0. The monoisotopic (exact) mass is 604 g/mol. The van der Waals surface area contributed by atoms with Crippen molar-refractivity contribution in [2.45, 2.75) is 55.2 Å². The number of nitrogens with zero attached hydrogens (tertiary/aromatic N) is 4. The first-order valence-corrected chi connectivity index (χ1v) is 16.3. The molecule has 0 spiro atoms. The summed E-state index contributed by atoms with van der Waals surface area (Å²) in [5.41, 5.74) is 6.04. The highest BCUT2D eigenvalue weighted by molar-refractivity contribution is 7.98. The predicted molar refractivity (Wildman–Crippen MR) is 178 cm³/mol. The molecule has 0 atom stereocenters. The molecule has 0 aliphatic carbocycles. The van der Waals surface area contributed by atoms with Crippen molar-refractivity contribution in [2.24, 2.45) is 0 Å². The van der Waals surface area contributed by atoms with Gasteiger partial charge < -0.3 is 0 Å². The van der Waals surface area contributed by atoms with E-state index < -0.39 is 0 Å². The molecule has 0 N–H and O–H groups in total. The van der Waals surface area contributed by atoms with E-state index in [0.717, 1.165) is 0 Å². The van der Waals surface area contributed by atoms with E-state index in [9.17, 15) is 9.59 Å². The minimum atomic E-state index is -0.0598. The molecule has 0 fully saturated rings. The fourth-order valence-corrected chi connectivity index (χ4v) is 7.13. The lowest BCUT2D eigenvalue weighted by Gasteiger charge is -2.16. The van der Waals surface area contributed by atoms with Crippen molar-refractivity contribution in [3.05, 3.63) is 140 Å². The highest BCUT2D eigenvalue weighted by atomic mass is 32.2. The topological polar surface area (TPSA) is 69.8 Å². The maximum atomic E-state index is 13.7. The van der Waals surface area contributed by atoms with Gasteiger partial charge in [0, 0.05) is 24.6 Å². The van der Waals surface area contributed by atoms with E-state index in [1.54, 1.807) is 32.7 Å². The molecule has 0 saturated carbocycles. The van der Waals surface area contributed by atoms with Crippen LogP contribution in [0.3, 0.4) is 0 Å². The first kappa shape index (κ1) is 29.0. The van der Waals surface area contributed by atoms with Crippen LogP contribution in [-0.4, -0.2) is 19.1 Å². The van der Waals surface area contributed by atoms with Crippen LogP contribution in [0, 0.1) is 13.8 Å². The van der Waals surface area contributed by atoms with Gasteiger partial charge in [-0.25, -0.2) is 9.97 Å². The minimum Gasteiger partial charge on any atom is -0.287 e. The van der Waals surface area contributed by atoms with Crippen LogP contribution >= 0.6 is 23.5 Å². The van der Waals surface area contributed by atoms with Crippen molar-refractivity contribution in [3.63, 3.8) is 0 Å². The Morgan fingerprint density at radius 3 is 1.47 bits per heavy atom. The summed E-state index contributed by atoms with van der Waals surface area (Å²) in [6.45, 7) is 5.03. The standard InChI is InChI=1S/C35H32N4O2S2/c1-24-10-7-12-26(20-24)22-42-34-36-30-16-5-3-14-28(30)32(40)38(34)18-9-19-39-33(41)29-15-4-6-17-31(29)37-35(39)43-23-27-13-8-11-25(2)21-27/h3-8,10-17,20-21H,9,18-19,22-23H2,1-2H3. The summed E-state index contributed by atoms with van der Waals surface area (Å²) in [6, 6.07) is 31.7. The van der Waals surface area contributed by atoms with Gasteiger partial charge in [0.1, 0.15) is 0 Å². The molecule has 8 heteroatoms. The number of hydrogen-bond donors (Lipinski definition) is 0.